The van der Waals surface area contributed by atoms with Crippen molar-refractivity contribution in [2.45, 2.75) is 19.8 Å². The van der Waals surface area contributed by atoms with Crippen LogP contribution in [0, 0.1) is 5.92 Å². The lowest BCUT2D eigenvalue weighted by atomic mass is 9.99. The quantitative estimate of drug-likeness (QED) is 0.786. The Bertz CT molecular complexity index is 453. The standard InChI is InChI=1S/C17H26N2O3/c1-14-7-9-19(10-8-14)13-17(20)18-15-3-5-16(6-4-15)22-12-11-21-2/h3-6,14H,7-13H2,1-2H3,(H,18,20). The van der Waals surface area contributed by atoms with Crippen LogP contribution in [0.1, 0.15) is 19.8 Å². The number of methoxy groups -OCH3 is 1. The van der Waals surface area contributed by atoms with Crippen LogP contribution in [0.15, 0.2) is 24.3 Å². The number of hydrogen-bond acceptors (Lipinski definition) is 4. The van der Waals surface area contributed by atoms with Gasteiger partial charge in [0.05, 0.1) is 13.2 Å². The molecule has 1 saturated heterocycles. The van der Waals surface area contributed by atoms with Gasteiger partial charge >= 0.3 is 0 Å². The van der Waals surface area contributed by atoms with Gasteiger partial charge in [0, 0.05) is 12.8 Å². The van der Waals surface area contributed by atoms with Gasteiger partial charge in [-0.1, -0.05) is 6.92 Å². The number of carbonyl (C=O) groups excluding carboxylic acids is 1. The lowest BCUT2D eigenvalue weighted by molar-refractivity contribution is -0.117. The van der Waals surface area contributed by atoms with Crippen LogP contribution in [-0.4, -0.2) is 50.8 Å². The summed E-state index contributed by atoms with van der Waals surface area (Å²) < 4.78 is 10.4. The predicted molar refractivity (Wildman–Crippen MR) is 87.3 cm³/mol. The van der Waals surface area contributed by atoms with E-state index in [-0.39, 0.29) is 5.91 Å². The van der Waals surface area contributed by atoms with E-state index in [9.17, 15) is 4.79 Å². The molecule has 5 heteroatoms. The van der Waals surface area contributed by atoms with Crippen LogP contribution in [-0.2, 0) is 9.53 Å². The van der Waals surface area contributed by atoms with Crippen LogP contribution < -0.4 is 10.1 Å². The molecule has 0 unspecified atom stereocenters. The van der Waals surface area contributed by atoms with Crippen molar-refractivity contribution >= 4 is 11.6 Å². The smallest absolute Gasteiger partial charge is 0.238 e. The minimum atomic E-state index is 0.0441. The highest BCUT2D eigenvalue weighted by atomic mass is 16.5. The van der Waals surface area contributed by atoms with Gasteiger partial charge in [0.2, 0.25) is 5.91 Å². The number of rotatable bonds is 7. The van der Waals surface area contributed by atoms with Crippen molar-refractivity contribution in [3.63, 3.8) is 0 Å². The van der Waals surface area contributed by atoms with E-state index in [2.05, 4.69) is 17.1 Å². The average molecular weight is 306 g/mol. The first-order chi connectivity index (χ1) is 10.7. The van der Waals surface area contributed by atoms with Gasteiger partial charge in [-0.15, -0.1) is 0 Å². The SMILES string of the molecule is COCCOc1ccc(NC(=O)CN2CCC(C)CC2)cc1. The Balaban J connectivity index is 1.74. The largest absolute Gasteiger partial charge is 0.491 e. The summed E-state index contributed by atoms with van der Waals surface area (Å²) in [5.74, 6) is 1.60. The summed E-state index contributed by atoms with van der Waals surface area (Å²) in [5, 5.41) is 2.93. The summed E-state index contributed by atoms with van der Waals surface area (Å²) in [5.41, 5.74) is 0.800. The highest BCUT2D eigenvalue weighted by Crippen LogP contribution is 2.17. The van der Waals surface area contributed by atoms with E-state index in [4.69, 9.17) is 9.47 Å². The zero-order valence-corrected chi connectivity index (χ0v) is 13.5. The Morgan fingerprint density at radius 1 is 1.23 bits per heavy atom. The van der Waals surface area contributed by atoms with E-state index in [1.165, 1.54) is 12.8 Å². The molecule has 1 aromatic rings. The number of likely N-dealkylation sites (tertiary alicyclic amines) is 1. The molecule has 1 amide bonds. The van der Waals surface area contributed by atoms with E-state index >= 15 is 0 Å². The summed E-state index contributed by atoms with van der Waals surface area (Å²) in [4.78, 5) is 14.3. The molecule has 0 saturated carbocycles. The van der Waals surface area contributed by atoms with Gasteiger partial charge < -0.3 is 14.8 Å². The molecule has 22 heavy (non-hydrogen) atoms. The highest BCUT2D eigenvalue weighted by Gasteiger charge is 2.17. The molecule has 1 aromatic carbocycles. The third-order valence-corrected chi connectivity index (χ3v) is 3.94. The maximum Gasteiger partial charge on any atom is 0.238 e. The number of nitrogens with one attached hydrogen (secondary N) is 1. The van der Waals surface area contributed by atoms with Gasteiger partial charge in [-0.3, -0.25) is 9.69 Å². The molecule has 0 spiro atoms. The molecular formula is C17H26N2O3. The molecule has 0 radical (unpaired) electrons. The summed E-state index contributed by atoms with van der Waals surface area (Å²) in [7, 11) is 1.64. The van der Waals surface area contributed by atoms with Crippen LogP contribution in [0.3, 0.4) is 0 Å². The Morgan fingerprint density at radius 3 is 2.55 bits per heavy atom. The molecule has 1 fully saturated rings. The van der Waals surface area contributed by atoms with Crippen molar-refractivity contribution in [2.24, 2.45) is 5.92 Å². The number of anilines is 1. The number of amides is 1. The normalized spacial score (nSPS) is 16.5. The monoisotopic (exact) mass is 306 g/mol. The number of nitrogens with zero attached hydrogens (tertiary/aromatic N) is 1. The number of hydrogen-bond donors (Lipinski definition) is 1. The van der Waals surface area contributed by atoms with E-state index in [0.717, 1.165) is 30.4 Å². The van der Waals surface area contributed by atoms with Crippen molar-refractivity contribution in [2.75, 3.05) is 45.3 Å². The van der Waals surface area contributed by atoms with Gasteiger partial charge in [-0.25, -0.2) is 0 Å². The number of piperidine rings is 1. The van der Waals surface area contributed by atoms with Crippen LogP contribution in [0.4, 0.5) is 5.69 Å². The first kappa shape index (κ1) is 16.8. The van der Waals surface area contributed by atoms with Crippen LogP contribution in [0.2, 0.25) is 0 Å². The fraction of sp³-hybridized carbons (Fsp3) is 0.588. The maximum atomic E-state index is 12.1. The molecule has 1 heterocycles. The Hall–Kier alpha value is -1.59. The van der Waals surface area contributed by atoms with E-state index in [1.807, 2.05) is 24.3 Å². The van der Waals surface area contributed by atoms with Crippen molar-refractivity contribution in [1.82, 2.24) is 4.90 Å². The molecule has 0 atom stereocenters. The number of carbonyl (C=O) groups is 1. The molecule has 1 N–H and O–H groups in total. The first-order valence-electron chi connectivity index (χ1n) is 7.91. The summed E-state index contributed by atoms with van der Waals surface area (Å²) in [6, 6.07) is 7.43. The van der Waals surface area contributed by atoms with Crippen LogP contribution in [0.5, 0.6) is 5.75 Å². The van der Waals surface area contributed by atoms with Gasteiger partial charge in [0.15, 0.2) is 0 Å². The van der Waals surface area contributed by atoms with Crippen molar-refractivity contribution in [1.29, 1.82) is 0 Å². The molecule has 0 aliphatic carbocycles. The Labute approximate surface area is 132 Å². The highest BCUT2D eigenvalue weighted by molar-refractivity contribution is 5.92. The van der Waals surface area contributed by atoms with Crippen molar-refractivity contribution in [3.8, 4) is 5.75 Å². The van der Waals surface area contributed by atoms with E-state index < -0.39 is 0 Å². The third kappa shape index (κ3) is 5.66. The fourth-order valence-electron chi connectivity index (χ4n) is 2.50. The molecule has 1 aliphatic rings. The lowest BCUT2D eigenvalue weighted by Gasteiger charge is -2.29. The summed E-state index contributed by atoms with van der Waals surface area (Å²) in [6.45, 7) is 5.86. The minimum Gasteiger partial charge on any atom is -0.491 e. The second-order valence-corrected chi connectivity index (χ2v) is 5.87. The molecule has 0 bridgehead atoms. The molecule has 5 nitrogen and oxygen atoms in total. The molecule has 0 aromatic heterocycles. The Morgan fingerprint density at radius 2 is 1.91 bits per heavy atom. The maximum absolute atomic E-state index is 12.1. The summed E-state index contributed by atoms with van der Waals surface area (Å²) >= 11 is 0. The topological polar surface area (TPSA) is 50.8 Å². The summed E-state index contributed by atoms with van der Waals surface area (Å²) in [6.07, 6.45) is 2.36. The van der Waals surface area contributed by atoms with Crippen LogP contribution in [0.25, 0.3) is 0 Å². The third-order valence-electron chi connectivity index (χ3n) is 3.94. The van der Waals surface area contributed by atoms with Gasteiger partial charge in [0.25, 0.3) is 0 Å². The first-order valence-corrected chi connectivity index (χ1v) is 7.91. The molecule has 1 aliphatic heterocycles. The molecule has 2 rings (SSSR count). The van der Waals surface area contributed by atoms with Crippen molar-refractivity contribution in [3.05, 3.63) is 24.3 Å². The van der Waals surface area contributed by atoms with Gasteiger partial charge in [-0.05, 0) is 56.1 Å². The van der Waals surface area contributed by atoms with Crippen LogP contribution >= 0.6 is 0 Å². The second kappa shape index (κ2) is 8.76. The zero-order chi connectivity index (χ0) is 15.8. The Kier molecular flexibility index (Phi) is 6.68. The second-order valence-electron chi connectivity index (χ2n) is 5.87. The van der Waals surface area contributed by atoms with E-state index in [1.54, 1.807) is 7.11 Å². The van der Waals surface area contributed by atoms with Gasteiger partial charge in [0.1, 0.15) is 12.4 Å². The lowest BCUT2D eigenvalue weighted by Crippen LogP contribution is -2.38. The minimum absolute atomic E-state index is 0.0441. The van der Waals surface area contributed by atoms with Crippen molar-refractivity contribution < 1.29 is 14.3 Å². The zero-order valence-electron chi connectivity index (χ0n) is 13.5. The fourth-order valence-corrected chi connectivity index (χ4v) is 2.50. The number of ether oxygens (including phenoxy) is 2. The van der Waals surface area contributed by atoms with Gasteiger partial charge in [-0.2, -0.15) is 0 Å². The molecule has 122 valence electrons. The predicted octanol–water partition coefficient (Wildman–Crippen LogP) is 2.38. The number of benzene rings is 1. The molecular weight excluding hydrogens is 280 g/mol. The van der Waals surface area contributed by atoms with E-state index in [0.29, 0.717) is 19.8 Å². The average Bonchev–Trinajstić information content (AvgIpc) is 2.51.